The van der Waals surface area contributed by atoms with E-state index >= 15 is 0 Å². The standard InChI is InChI=1S/C25H34N2O7/c1-24(2)14-5-15-25(3,4)27(24)33-17-19-8-6-18(7-9-19)16-32-22(30)12-13-23(31)34-26-20(28)10-11-21(26)29/h6-9H,5,10-17H2,1-4H3. The normalized spacial score (nSPS) is 19.8. The summed E-state index contributed by atoms with van der Waals surface area (Å²) in [6, 6.07) is 7.62. The number of amides is 2. The average Bonchev–Trinajstić information content (AvgIpc) is 3.08. The lowest BCUT2D eigenvalue weighted by molar-refractivity contribution is -0.288. The first-order chi connectivity index (χ1) is 16.0. The summed E-state index contributed by atoms with van der Waals surface area (Å²) in [4.78, 5) is 57.6. The predicted octanol–water partition coefficient (Wildman–Crippen LogP) is 3.59. The second kappa shape index (κ2) is 10.7. The van der Waals surface area contributed by atoms with E-state index in [1.807, 2.05) is 24.3 Å². The molecule has 0 N–H and O–H groups in total. The molecule has 3 rings (SSSR count). The Morgan fingerprint density at radius 1 is 0.824 bits per heavy atom. The van der Waals surface area contributed by atoms with Crippen LogP contribution in [0.15, 0.2) is 24.3 Å². The number of nitrogens with zero attached hydrogens (tertiary/aromatic N) is 2. The van der Waals surface area contributed by atoms with Gasteiger partial charge in [0.15, 0.2) is 0 Å². The Kier molecular flexibility index (Phi) is 8.09. The summed E-state index contributed by atoms with van der Waals surface area (Å²) in [6.07, 6.45) is 2.92. The molecule has 2 aliphatic rings. The Hall–Kier alpha value is -2.78. The molecule has 0 aliphatic carbocycles. The topological polar surface area (TPSA) is 102 Å². The van der Waals surface area contributed by atoms with Gasteiger partial charge in [0, 0.05) is 23.9 Å². The van der Waals surface area contributed by atoms with Crippen LogP contribution in [-0.4, -0.2) is 45.0 Å². The maximum atomic E-state index is 12.0. The van der Waals surface area contributed by atoms with Crippen molar-refractivity contribution in [3.05, 3.63) is 35.4 Å². The number of piperidine rings is 1. The van der Waals surface area contributed by atoms with Gasteiger partial charge in [0.1, 0.15) is 6.61 Å². The summed E-state index contributed by atoms with van der Waals surface area (Å²) in [7, 11) is 0. The number of carbonyl (C=O) groups excluding carboxylic acids is 4. The van der Waals surface area contributed by atoms with E-state index in [-0.39, 0.29) is 43.4 Å². The second-order valence-electron chi connectivity index (χ2n) is 10.1. The molecule has 2 saturated heterocycles. The van der Waals surface area contributed by atoms with E-state index in [1.54, 1.807) is 0 Å². The van der Waals surface area contributed by atoms with Crippen LogP contribution in [0.3, 0.4) is 0 Å². The minimum atomic E-state index is -0.829. The van der Waals surface area contributed by atoms with E-state index in [4.69, 9.17) is 14.4 Å². The maximum Gasteiger partial charge on any atom is 0.333 e. The highest BCUT2D eigenvalue weighted by Crippen LogP contribution is 2.38. The Bertz CT molecular complexity index is 892. The molecule has 0 bridgehead atoms. The lowest BCUT2D eigenvalue weighted by Gasteiger charge is -2.51. The van der Waals surface area contributed by atoms with E-state index in [0.717, 1.165) is 24.0 Å². The molecule has 2 heterocycles. The van der Waals surface area contributed by atoms with Crippen LogP contribution in [0.25, 0.3) is 0 Å². The summed E-state index contributed by atoms with van der Waals surface area (Å²) in [5.41, 5.74) is 1.77. The number of rotatable bonds is 9. The zero-order valence-corrected chi connectivity index (χ0v) is 20.4. The molecule has 0 radical (unpaired) electrons. The van der Waals surface area contributed by atoms with Gasteiger partial charge in [-0.25, -0.2) is 4.79 Å². The monoisotopic (exact) mass is 474 g/mol. The van der Waals surface area contributed by atoms with Gasteiger partial charge in [-0.05, 0) is 58.1 Å². The van der Waals surface area contributed by atoms with Gasteiger partial charge < -0.3 is 9.57 Å². The van der Waals surface area contributed by atoms with Gasteiger partial charge in [0.05, 0.1) is 19.4 Å². The number of esters is 1. The molecule has 0 saturated carbocycles. The fraction of sp³-hybridized carbons (Fsp3) is 0.600. The molecule has 2 amide bonds. The highest BCUT2D eigenvalue weighted by Gasteiger charge is 2.42. The number of hydrogen-bond acceptors (Lipinski definition) is 8. The van der Waals surface area contributed by atoms with Crippen molar-refractivity contribution in [3.63, 3.8) is 0 Å². The molecule has 186 valence electrons. The highest BCUT2D eigenvalue weighted by atomic mass is 16.7. The van der Waals surface area contributed by atoms with Crippen molar-refractivity contribution >= 4 is 23.8 Å². The van der Waals surface area contributed by atoms with Crippen molar-refractivity contribution in [2.75, 3.05) is 0 Å². The largest absolute Gasteiger partial charge is 0.461 e. The smallest absolute Gasteiger partial charge is 0.333 e. The minimum absolute atomic E-state index is 0.0211. The first-order valence-corrected chi connectivity index (χ1v) is 11.7. The van der Waals surface area contributed by atoms with Crippen molar-refractivity contribution in [2.45, 2.75) is 96.9 Å². The fourth-order valence-corrected chi connectivity index (χ4v) is 4.44. The number of carbonyl (C=O) groups is 4. The van der Waals surface area contributed by atoms with Crippen molar-refractivity contribution in [3.8, 4) is 0 Å². The Morgan fingerprint density at radius 3 is 1.88 bits per heavy atom. The van der Waals surface area contributed by atoms with Crippen molar-refractivity contribution in [1.82, 2.24) is 10.1 Å². The molecule has 9 heteroatoms. The number of imide groups is 1. The van der Waals surface area contributed by atoms with Crippen molar-refractivity contribution in [2.24, 2.45) is 0 Å². The molecule has 0 atom stereocenters. The number of benzene rings is 1. The van der Waals surface area contributed by atoms with Gasteiger partial charge in [0.2, 0.25) is 0 Å². The fourth-order valence-electron chi connectivity index (χ4n) is 4.44. The van der Waals surface area contributed by atoms with E-state index < -0.39 is 23.8 Å². The molecular formula is C25H34N2O7. The van der Waals surface area contributed by atoms with E-state index in [1.165, 1.54) is 6.42 Å². The third-order valence-corrected chi connectivity index (χ3v) is 6.19. The molecular weight excluding hydrogens is 440 g/mol. The lowest BCUT2D eigenvalue weighted by atomic mass is 9.82. The van der Waals surface area contributed by atoms with Crippen LogP contribution < -0.4 is 0 Å². The first-order valence-electron chi connectivity index (χ1n) is 11.7. The zero-order valence-electron chi connectivity index (χ0n) is 20.4. The average molecular weight is 475 g/mol. The molecule has 1 aromatic rings. The van der Waals surface area contributed by atoms with Gasteiger partial charge in [-0.1, -0.05) is 24.3 Å². The Morgan fingerprint density at radius 2 is 1.32 bits per heavy atom. The molecule has 2 aliphatic heterocycles. The quantitative estimate of drug-likeness (QED) is 0.395. The first kappa shape index (κ1) is 25.8. The predicted molar refractivity (Wildman–Crippen MR) is 121 cm³/mol. The second-order valence-corrected chi connectivity index (χ2v) is 10.1. The van der Waals surface area contributed by atoms with Gasteiger partial charge in [0.25, 0.3) is 11.8 Å². The summed E-state index contributed by atoms with van der Waals surface area (Å²) in [6.45, 7) is 9.35. The third kappa shape index (κ3) is 6.64. The van der Waals surface area contributed by atoms with Crippen LogP contribution >= 0.6 is 0 Å². The molecule has 1 aromatic carbocycles. The summed E-state index contributed by atoms with van der Waals surface area (Å²) in [5, 5.41) is 2.59. The molecule has 34 heavy (non-hydrogen) atoms. The lowest BCUT2D eigenvalue weighted by Crippen LogP contribution is -2.58. The molecule has 2 fully saturated rings. The maximum absolute atomic E-state index is 12.0. The third-order valence-electron chi connectivity index (χ3n) is 6.19. The molecule has 0 unspecified atom stereocenters. The Balaban J connectivity index is 1.39. The minimum Gasteiger partial charge on any atom is -0.461 e. The van der Waals surface area contributed by atoms with Crippen LogP contribution in [0.2, 0.25) is 0 Å². The SMILES string of the molecule is CC1(C)CCCC(C)(C)N1OCc1ccc(COC(=O)CCC(=O)ON2C(=O)CCC2=O)cc1. The van der Waals surface area contributed by atoms with E-state index in [2.05, 4.69) is 32.8 Å². The van der Waals surface area contributed by atoms with Crippen LogP contribution in [0.4, 0.5) is 0 Å². The van der Waals surface area contributed by atoms with Crippen molar-refractivity contribution < 1.29 is 33.6 Å². The summed E-state index contributed by atoms with van der Waals surface area (Å²) in [5.74, 6) is -2.51. The number of ether oxygens (including phenoxy) is 1. The number of hydroxylamine groups is 4. The molecule has 0 aromatic heterocycles. The highest BCUT2D eigenvalue weighted by molar-refractivity contribution is 6.01. The van der Waals surface area contributed by atoms with Crippen LogP contribution in [-0.2, 0) is 46.8 Å². The van der Waals surface area contributed by atoms with Crippen LogP contribution in [0.5, 0.6) is 0 Å². The van der Waals surface area contributed by atoms with Gasteiger partial charge in [-0.15, -0.1) is 5.06 Å². The van der Waals surface area contributed by atoms with Gasteiger partial charge in [-0.2, -0.15) is 5.06 Å². The molecule has 0 spiro atoms. The van der Waals surface area contributed by atoms with E-state index in [9.17, 15) is 19.2 Å². The number of hydrogen-bond donors (Lipinski definition) is 0. The van der Waals surface area contributed by atoms with Crippen LogP contribution in [0, 0.1) is 0 Å². The molecule has 9 nitrogen and oxygen atoms in total. The zero-order chi connectivity index (χ0) is 24.9. The van der Waals surface area contributed by atoms with Gasteiger partial charge >= 0.3 is 11.9 Å². The summed E-state index contributed by atoms with van der Waals surface area (Å²) >= 11 is 0. The van der Waals surface area contributed by atoms with Gasteiger partial charge in [-0.3, -0.25) is 19.2 Å². The Labute approximate surface area is 200 Å². The van der Waals surface area contributed by atoms with Crippen LogP contribution in [0.1, 0.15) is 83.8 Å². The van der Waals surface area contributed by atoms with Crippen molar-refractivity contribution in [1.29, 1.82) is 0 Å². The summed E-state index contributed by atoms with van der Waals surface area (Å²) < 4.78 is 5.21. The van der Waals surface area contributed by atoms with E-state index in [0.29, 0.717) is 11.7 Å².